The summed E-state index contributed by atoms with van der Waals surface area (Å²) in [7, 11) is -3.36. The summed E-state index contributed by atoms with van der Waals surface area (Å²) in [5.74, 6) is 0. The minimum absolute atomic E-state index is 0.168. The van der Waals surface area contributed by atoms with Crippen LogP contribution < -0.4 is 0 Å². The number of ether oxygens (including phenoxy) is 2. The molecule has 96 valence electrons. The van der Waals surface area contributed by atoms with E-state index in [9.17, 15) is 14.4 Å². The van der Waals surface area contributed by atoms with E-state index in [0.29, 0.717) is 26.2 Å². The Morgan fingerprint density at radius 3 is 2.17 bits per heavy atom. The molecule has 8 nitrogen and oxygen atoms in total. The lowest BCUT2D eigenvalue weighted by atomic mass is 10.5. The van der Waals surface area contributed by atoms with Gasteiger partial charge < -0.3 is 9.47 Å². The Morgan fingerprint density at radius 2 is 1.72 bits per heavy atom. The summed E-state index contributed by atoms with van der Waals surface area (Å²) >= 11 is 0. The first-order chi connectivity index (χ1) is 8.76. The Balaban J connectivity index is 2.45. The molecular formula is C9H11N3O5Si. The van der Waals surface area contributed by atoms with Crippen molar-refractivity contribution in [1.29, 1.82) is 0 Å². The monoisotopic (exact) mass is 269 g/mol. The van der Waals surface area contributed by atoms with E-state index < -0.39 is 8.56 Å². The zero-order valence-electron chi connectivity index (χ0n) is 9.50. The van der Waals surface area contributed by atoms with Crippen LogP contribution >= 0.6 is 0 Å². The van der Waals surface area contributed by atoms with Crippen LogP contribution in [0, 0.1) is 0 Å². The summed E-state index contributed by atoms with van der Waals surface area (Å²) in [6, 6.07) is 0.193. The van der Waals surface area contributed by atoms with E-state index in [1.54, 1.807) is 0 Å². The van der Waals surface area contributed by atoms with Gasteiger partial charge in [0.25, 0.3) is 0 Å². The summed E-state index contributed by atoms with van der Waals surface area (Å²) in [6.07, 6.45) is 4.46. The zero-order chi connectivity index (χ0) is 13.3. The van der Waals surface area contributed by atoms with Crippen molar-refractivity contribution in [3.8, 4) is 0 Å². The third-order valence-electron chi connectivity index (χ3n) is 2.18. The standard InChI is InChI=1S/C9H11N3O5Si/c13-6-10-18(11-7-14,12-8-15)3-1-2-16-4-9-5-17-9/h9H,1-5H2. The molecule has 1 fully saturated rings. The number of isocyanates is 3. The third kappa shape index (κ3) is 5.07. The van der Waals surface area contributed by atoms with Crippen molar-refractivity contribution in [3.05, 3.63) is 0 Å². The third-order valence-corrected chi connectivity index (χ3v) is 4.55. The van der Waals surface area contributed by atoms with Crippen molar-refractivity contribution < 1.29 is 23.9 Å². The Bertz CT molecular complexity index is 374. The minimum atomic E-state index is -3.36. The van der Waals surface area contributed by atoms with Gasteiger partial charge in [0.05, 0.1) is 13.2 Å². The predicted molar refractivity (Wildman–Crippen MR) is 60.1 cm³/mol. The highest BCUT2D eigenvalue weighted by Gasteiger charge is 2.35. The van der Waals surface area contributed by atoms with Gasteiger partial charge in [0.15, 0.2) is 0 Å². The lowest BCUT2D eigenvalue weighted by Crippen LogP contribution is -2.28. The van der Waals surface area contributed by atoms with Gasteiger partial charge in [-0.3, -0.25) is 0 Å². The molecule has 0 bridgehead atoms. The molecule has 0 aromatic heterocycles. The molecular weight excluding hydrogens is 258 g/mol. The highest BCUT2D eigenvalue weighted by molar-refractivity contribution is 6.76. The second-order valence-electron chi connectivity index (χ2n) is 3.52. The molecule has 1 aliphatic heterocycles. The molecule has 9 heteroatoms. The summed E-state index contributed by atoms with van der Waals surface area (Å²) in [5, 5.41) is 0. The van der Waals surface area contributed by atoms with Gasteiger partial charge in [0.1, 0.15) is 6.10 Å². The molecule has 0 spiro atoms. The maximum absolute atomic E-state index is 10.3. The van der Waals surface area contributed by atoms with Gasteiger partial charge in [-0.1, -0.05) is 0 Å². The number of epoxide rings is 1. The molecule has 1 heterocycles. The Kier molecular flexibility index (Phi) is 6.03. The number of rotatable bonds is 9. The van der Waals surface area contributed by atoms with Crippen molar-refractivity contribution >= 4 is 26.8 Å². The van der Waals surface area contributed by atoms with Gasteiger partial charge in [-0.15, -0.1) is 0 Å². The van der Waals surface area contributed by atoms with E-state index in [2.05, 4.69) is 14.0 Å². The lowest BCUT2D eigenvalue weighted by molar-refractivity contribution is 0.117. The molecule has 1 atom stereocenters. The fourth-order valence-electron chi connectivity index (χ4n) is 1.25. The summed E-state index contributed by atoms with van der Waals surface area (Å²) in [6.45, 7) is 1.59. The van der Waals surface area contributed by atoms with Gasteiger partial charge >= 0.3 is 8.56 Å². The highest BCUT2D eigenvalue weighted by Crippen LogP contribution is 2.16. The zero-order valence-corrected chi connectivity index (χ0v) is 10.5. The van der Waals surface area contributed by atoms with Gasteiger partial charge in [-0.25, -0.2) is 14.4 Å². The van der Waals surface area contributed by atoms with E-state index in [0.717, 1.165) is 0 Å². The van der Waals surface area contributed by atoms with Crippen LogP contribution in [0.3, 0.4) is 0 Å². The molecule has 0 aromatic rings. The molecule has 0 aromatic carbocycles. The van der Waals surface area contributed by atoms with Crippen LogP contribution in [0.25, 0.3) is 0 Å². The first kappa shape index (κ1) is 14.3. The molecule has 0 N–H and O–H groups in total. The van der Waals surface area contributed by atoms with Crippen molar-refractivity contribution in [2.45, 2.75) is 18.6 Å². The first-order valence-electron chi connectivity index (χ1n) is 5.23. The van der Waals surface area contributed by atoms with Crippen LogP contribution in [0.15, 0.2) is 14.0 Å². The van der Waals surface area contributed by atoms with Crippen LogP contribution in [0.4, 0.5) is 0 Å². The van der Waals surface area contributed by atoms with Crippen LogP contribution in [-0.2, 0) is 23.9 Å². The molecule has 0 radical (unpaired) electrons. The van der Waals surface area contributed by atoms with E-state index in [1.807, 2.05) is 0 Å². The van der Waals surface area contributed by atoms with Crippen LogP contribution in [-0.4, -0.2) is 52.7 Å². The van der Waals surface area contributed by atoms with Gasteiger partial charge in [-0.2, -0.15) is 14.0 Å². The number of carbonyl (C=O) groups excluding carboxylic acids is 3. The molecule has 1 saturated heterocycles. The fraction of sp³-hybridized carbons (Fsp3) is 0.667. The molecule has 1 rings (SSSR count). The lowest BCUT2D eigenvalue weighted by Gasteiger charge is -2.10. The average molecular weight is 269 g/mol. The summed E-state index contributed by atoms with van der Waals surface area (Å²) in [5.41, 5.74) is 0. The van der Waals surface area contributed by atoms with E-state index in [1.165, 1.54) is 18.2 Å². The topological polar surface area (TPSA) is 110 Å². The maximum atomic E-state index is 10.3. The number of hydrogen-bond acceptors (Lipinski definition) is 8. The Morgan fingerprint density at radius 1 is 1.17 bits per heavy atom. The molecule has 1 aliphatic rings. The number of nitrogens with zero attached hydrogens (tertiary/aromatic N) is 3. The highest BCUT2D eigenvalue weighted by atomic mass is 28.4. The predicted octanol–water partition coefficient (Wildman–Crippen LogP) is -0.262. The molecule has 18 heavy (non-hydrogen) atoms. The largest absolute Gasteiger partial charge is 0.467 e. The Labute approximate surface area is 104 Å². The summed E-state index contributed by atoms with van der Waals surface area (Å²) < 4.78 is 20.3. The molecule has 1 unspecified atom stereocenters. The van der Waals surface area contributed by atoms with E-state index in [4.69, 9.17) is 9.47 Å². The number of hydrogen-bond donors (Lipinski definition) is 0. The van der Waals surface area contributed by atoms with Gasteiger partial charge in [-0.05, 0) is 6.42 Å². The maximum Gasteiger partial charge on any atom is 0.467 e. The van der Waals surface area contributed by atoms with Crippen LogP contribution in [0.1, 0.15) is 6.42 Å². The van der Waals surface area contributed by atoms with Crippen molar-refractivity contribution in [3.63, 3.8) is 0 Å². The smallest absolute Gasteiger partial charge is 0.379 e. The van der Waals surface area contributed by atoms with Crippen molar-refractivity contribution in [1.82, 2.24) is 0 Å². The average Bonchev–Trinajstić information content (AvgIpc) is 3.14. The van der Waals surface area contributed by atoms with Crippen molar-refractivity contribution in [2.24, 2.45) is 14.0 Å². The molecule has 0 saturated carbocycles. The van der Waals surface area contributed by atoms with Gasteiger partial charge in [0, 0.05) is 12.7 Å². The fourth-order valence-corrected chi connectivity index (χ4v) is 2.80. The minimum Gasteiger partial charge on any atom is -0.379 e. The van der Waals surface area contributed by atoms with E-state index >= 15 is 0 Å². The Hall–Kier alpha value is -1.72. The quantitative estimate of drug-likeness (QED) is 0.188. The first-order valence-corrected chi connectivity index (χ1v) is 7.27. The van der Waals surface area contributed by atoms with Crippen molar-refractivity contribution in [2.75, 3.05) is 19.8 Å². The SMILES string of the molecule is O=C=N[Si](CCCOCC1CO1)(N=C=O)N=C=O. The summed E-state index contributed by atoms with van der Waals surface area (Å²) in [4.78, 5) is 30.8. The van der Waals surface area contributed by atoms with E-state index in [-0.39, 0.29) is 12.1 Å². The van der Waals surface area contributed by atoms with Crippen LogP contribution in [0.5, 0.6) is 0 Å². The second kappa shape index (κ2) is 7.57. The normalized spacial score (nSPS) is 19.7. The second-order valence-corrected chi connectivity index (χ2v) is 6.24. The van der Waals surface area contributed by atoms with Gasteiger partial charge in [0.2, 0.25) is 18.2 Å². The van der Waals surface area contributed by atoms with Crippen LogP contribution in [0.2, 0.25) is 6.04 Å². The molecule has 0 amide bonds. The molecule has 0 aliphatic carbocycles.